The molecule has 1 heterocycles. The molecule has 2 N–H and O–H groups in total. The van der Waals surface area contributed by atoms with Gasteiger partial charge in [0.2, 0.25) is 5.91 Å². The number of pyridine rings is 1. The Hall–Kier alpha value is -2.14. The quantitative estimate of drug-likeness (QED) is 0.889. The predicted octanol–water partition coefficient (Wildman–Crippen LogP) is 2.53. The average Bonchev–Trinajstić information content (AvgIpc) is 2.53. The van der Waals surface area contributed by atoms with Crippen molar-refractivity contribution in [2.45, 2.75) is 25.8 Å². The van der Waals surface area contributed by atoms with E-state index >= 15 is 0 Å². The number of carbonyl (C=O) groups excluding carboxylic acids is 2. The highest BCUT2D eigenvalue weighted by Crippen LogP contribution is 2.21. The van der Waals surface area contributed by atoms with E-state index < -0.39 is 6.04 Å². The highest BCUT2D eigenvalue weighted by atomic mass is 35.5. The minimum Gasteiger partial charge on any atom is -0.357 e. The lowest BCUT2D eigenvalue weighted by Gasteiger charge is -2.16. The van der Waals surface area contributed by atoms with E-state index in [1.165, 1.54) is 0 Å². The third-order valence-electron chi connectivity index (χ3n) is 3.35. The van der Waals surface area contributed by atoms with Crippen molar-refractivity contribution < 1.29 is 9.59 Å². The Morgan fingerprint density at radius 1 is 1.27 bits per heavy atom. The smallest absolute Gasteiger partial charge is 0.270 e. The van der Waals surface area contributed by atoms with Gasteiger partial charge in [0.1, 0.15) is 11.7 Å². The fourth-order valence-electron chi connectivity index (χ4n) is 2.20. The van der Waals surface area contributed by atoms with Crippen LogP contribution in [0.4, 0.5) is 0 Å². The molecule has 6 heteroatoms. The molecule has 1 unspecified atom stereocenters. The van der Waals surface area contributed by atoms with Gasteiger partial charge in [-0.25, -0.2) is 4.98 Å². The molecule has 116 valence electrons. The summed E-state index contributed by atoms with van der Waals surface area (Å²) in [5.74, 6) is -0.599. The molecule has 1 aromatic heterocycles. The lowest BCUT2D eigenvalue weighted by atomic mass is 10.1. The van der Waals surface area contributed by atoms with Crippen LogP contribution in [0.25, 0.3) is 10.9 Å². The first-order valence-corrected chi connectivity index (χ1v) is 7.52. The van der Waals surface area contributed by atoms with Gasteiger partial charge in [-0.2, -0.15) is 0 Å². The van der Waals surface area contributed by atoms with E-state index in [2.05, 4.69) is 15.6 Å². The van der Waals surface area contributed by atoms with Crippen molar-refractivity contribution in [3.63, 3.8) is 0 Å². The Bertz CT molecular complexity index is 703. The van der Waals surface area contributed by atoms with E-state index in [9.17, 15) is 9.59 Å². The Balaban J connectivity index is 2.25. The maximum atomic E-state index is 12.3. The number of likely N-dealkylation sites (N-methyl/N-ethyl adjacent to an activating group) is 1. The Morgan fingerprint density at radius 3 is 2.73 bits per heavy atom. The van der Waals surface area contributed by atoms with Gasteiger partial charge in [0.25, 0.3) is 5.91 Å². The Kier molecular flexibility index (Phi) is 5.33. The van der Waals surface area contributed by atoms with Gasteiger partial charge in [0.05, 0.1) is 10.5 Å². The van der Waals surface area contributed by atoms with Crippen LogP contribution in [0.1, 0.15) is 30.3 Å². The molecule has 2 amide bonds. The highest BCUT2D eigenvalue weighted by molar-refractivity contribution is 6.35. The van der Waals surface area contributed by atoms with E-state index in [-0.39, 0.29) is 17.5 Å². The maximum Gasteiger partial charge on any atom is 0.270 e. The van der Waals surface area contributed by atoms with E-state index in [1.807, 2.05) is 19.1 Å². The number of rotatable bonds is 5. The van der Waals surface area contributed by atoms with Gasteiger partial charge < -0.3 is 10.6 Å². The summed E-state index contributed by atoms with van der Waals surface area (Å²) in [5.41, 5.74) is 0.814. The summed E-state index contributed by atoms with van der Waals surface area (Å²) in [6.07, 6.45) is 1.36. The molecule has 2 aromatic rings. The van der Waals surface area contributed by atoms with E-state index in [4.69, 9.17) is 11.6 Å². The van der Waals surface area contributed by atoms with Crippen LogP contribution in [-0.4, -0.2) is 29.9 Å². The number of nitrogens with zero attached hydrogens (tertiary/aromatic N) is 1. The van der Waals surface area contributed by atoms with E-state index in [1.54, 1.807) is 25.2 Å². The number of amides is 2. The summed E-state index contributed by atoms with van der Waals surface area (Å²) in [6, 6.07) is 8.28. The molecule has 22 heavy (non-hydrogen) atoms. The second-order valence-electron chi connectivity index (χ2n) is 4.94. The molecule has 0 saturated carbocycles. The monoisotopic (exact) mass is 319 g/mol. The number of benzene rings is 1. The zero-order chi connectivity index (χ0) is 16.1. The normalized spacial score (nSPS) is 12.0. The van der Waals surface area contributed by atoms with Crippen molar-refractivity contribution in [1.29, 1.82) is 0 Å². The number of hydrogen-bond acceptors (Lipinski definition) is 3. The van der Waals surface area contributed by atoms with Crippen LogP contribution in [-0.2, 0) is 4.79 Å². The fraction of sp³-hybridized carbons (Fsp3) is 0.312. The van der Waals surface area contributed by atoms with Crippen LogP contribution in [0.5, 0.6) is 0 Å². The number of aromatic nitrogens is 1. The molecule has 0 bridgehead atoms. The maximum absolute atomic E-state index is 12.3. The van der Waals surface area contributed by atoms with Gasteiger partial charge in [-0.15, -0.1) is 0 Å². The summed E-state index contributed by atoms with van der Waals surface area (Å²) in [6.45, 7) is 1.95. The molecular formula is C16H18ClN3O2. The minimum absolute atomic E-state index is 0.214. The van der Waals surface area contributed by atoms with Crippen molar-refractivity contribution in [1.82, 2.24) is 15.6 Å². The number of carbonyl (C=O) groups is 2. The molecule has 2 rings (SSSR count). The SMILES string of the molecule is CCCC(NC(=O)c1ccc2cccc(Cl)c2n1)C(=O)NC. The summed E-state index contributed by atoms with van der Waals surface area (Å²) < 4.78 is 0. The first-order chi connectivity index (χ1) is 10.6. The molecule has 0 aliphatic rings. The number of hydrogen-bond donors (Lipinski definition) is 2. The van der Waals surface area contributed by atoms with Gasteiger partial charge in [-0.3, -0.25) is 9.59 Å². The average molecular weight is 320 g/mol. The summed E-state index contributed by atoms with van der Waals surface area (Å²) >= 11 is 6.10. The van der Waals surface area contributed by atoms with Crippen LogP contribution in [0.2, 0.25) is 5.02 Å². The molecule has 0 spiro atoms. The van der Waals surface area contributed by atoms with Crippen LogP contribution >= 0.6 is 11.6 Å². The van der Waals surface area contributed by atoms with E-state index in [0.717, 1.165) is 11.8 Å². The van der Waals surface area contributed by atoms with Crippen molar-refractivity contribution >= 4 is 34.3 Å². The molecule has 1 atom stereocenters. The molecule has 1 aromatic carbocycles. The van der Waals surface area contributed by atoms with Crippen molar-refractivity contribution in [3.05, 3.63) is 41.0 Å². The van der Waals surface area contributed by atoms with Crippen LogP contribution in [0.15, 0.2) is 30.3 Å². The minimum atomic E-state index is -0.564. The lowest BCUT2D eigenvalue weighted by Crippen LogP contribution is -2.45. The molecule has 0 radical (unpaired) electrons. The second-order valence-corrected chi connectivity index (χ2v) is 5.34. The number of halogens is 1. The standard InChI is InChI=1S/C16H18ClN3O2/c1-3-5-12(15(21)18-2)20-16(22)13-9-8-10-6-4-7-11(17)14(10)19-13/h4,6-9,12H,3,5H2,1-2H3,(H,18,21)(H,20,22). The van der Waals surface area contributed by atoms with Gasteiger partial charge in [-0.1, -0.05) is 43.1 Å². The molecule has 0 saturated heterocycles. The molecule has 0 aliphatic carbocycles. The second kappa shape index (κ2) is 7.22. The van der Waals surface area contributed by atoms with Crippen LogP contribution < -0.4 is 10.6 Å². The lowest BCUT2D eigenvalue weighted by molar-refractivity contribution is -0.122. The number of nitrogens with one attached hydrogen (secondary N) is 2. The number of fused-ring (bicyclic) bond motifs is 1. The van der Waals surface area contributed by atoms with Crippen molar-refractivity contribution in [2.75, 3.05) is 7.05 Å². The zero-order valence-corrected chi connectivity index (χ0v) is 13.3. The first-order valence-electron chi connectivity index (χ1n) is 7.14. The Morgan fingerprint density at radius 2 is 2.05 bits per heavy atom. The van der Waals surface area contributed by atoms with Crippen molar-refractivity contribution in [3.8, 4) is 0 Å². The zero-order valence-electron chi connectivity index (χ0n) is 12.5. The molecule has 5 nitrogen and oxygen atoms in total. The van der Waals surface area contributed by atoms with Gasteiger partial charge >= 0.3 is 0 Å². The summed E-state index contributed by atoms with van der Waals surface area (Å²) in [5, 5.41) is 6.61. The Labute approximate surface area is 134 Å². The third-order valence-corrected chi connectivity index (χ3v) is 3.65. The van der Waals surface area contributed by atoms with Crippen LogP contribution in [0, 0.1) is 0 Å². The fourth-order valence-corrected chi connectivity index (χ4v) is 2.43. The predicted molar refractivity (Wildman–Crippen MR) is 87.0 cm³/mol. The highest BCUT2D eigenvalue weighted by Gasteiger charge is 2.20. The molecule has 0 fully saturated rings. The van der Waals surface area contributed by atoms with Gasteiger partial charge in [0, 0.05) is 12.4 Å². The molecule has 0 aliphatic heterocycles. The number of para-hydroxylation sites is 1. The topological polar surface area (TPSA) is 71.1 Å². The van der Waals surface area contributed by atoms with E-state index in [0.29, 0.717) is 17.0 Å². The summed E-state index contributed by atoms with van der Waals surface area (Å²) in [7, 11) is 1.55. The summed E-state index contributed by atoms with van der Waals surface area (Å²) in [4.78, 5) is 28.4. The van der Waals surface area contributed by atoms with Crippen LogP contribution in [0.3, 0.4) is 0 Å². The van der Waals surface area contributed by atoms with Crippen molar-refractivity contribution in [2.24, 2.45) is 0 Å². The largest absolute Gasteiger partial charge is 0.357 e. The van der Waals surface area contributed by atoms with Gasteiger partial charge in [-0.05, 0) is 18.6 Å². The van der Waals surface area contributed by atoms with Gasteiger partial charge in [0.15, 0.2) is 0 Å². The third kappa shape index (κ3) is 3.54. The first kappa shape index (κ1) is 16.2. The molecular weight excluding hydrogens is 302 g/mol.